The van der Waals surface area contributed by atoms with Gasteiger partial charge in [0.2, 0.25) is 11.8 Å². The molecule has 0 unspecified atom stereocenters. The second-order valence-electron chi connectivity index (χ2n) is 6.38. The normalized spacial score (nSPS) is 20.4. The van der Waals surface area contributed by atoms with Crippen LogP contribution in [0.2, 0.25) is 0 Å². The first-order valence-corrected chi connectivity index (χ1v) is 8.08. The predicted octanol–water partition coefficient (Wildman–Crippen LogP) is 2.82. The highest BCUT2D eigenvalue weighted by atomic mass is 19.4. The lowest BCUT2D eigenvalue weighted by Crippen LogP contribution is -2.50. The van der Waals surface area contributed by atoms with Crippen molar-refractivity contribution in [3.8, 4) is 0 Å². The molecular formula is C17H19F3N2O2. The molecule has 1 saturated heterocycles. The van der Waals surface area contributed by atoms with E-state index in [0.717, 1.165) is 25.3 Å². The zero-order valence-electron chi connectivity index (χ0n) is 13.2. The summed E-state index contributed by atoms with van der Waals surface area (Å²) in [6, 6.07) is 5.39. The monoisotopic (exact) mass is 340 g/mol. The van der Waals surface area contributed by atoms with Gasteiger partial charge in [-0.25, -0.2) is 0 Å². The Morgan fingerprint density at radius 3 is 2.33 bits per heavy atom. The van der Waals surface area contributed by atoms with E-state index >= 15 is 0 Å². The molecule has 7 heteroatoms. The van der Waals surface area contributed by atoms with Crippen LogP contribution in [0.4, 0.5) is 13.2 Å². The van der Waals surface area contributed by atoms with Gasteiger partial charge in [0.25, 0.3) is 0 Å². The van der Waals surface area contributed by atoms with E-state index in [-0.39, 0.29) is 31.2 Å². The molecular weight excluding hydrogens is 321 g/mol. The van der Waals surface area contributed by atoms with Gasteiger partial charge in [-0.3, -0.25) is 14.5 Å². The number of amides is 2. The molecule has 1 aromatic rings. The van der Waals surface area contributed by atoms with Gasteiger partial charge in [0.05, 0.1) is 5.56 Å². The molecule has 1 aromatic carbocycles. The fourth-order valence-corrected chi connectivity index (χ4v) is 3.37. The summed E-state index contributed by atoms with van der Waals surface area (Å²) in [5, 5.41) is 3.28. The maximum atomic E-state index is 12.9. The van der Waals surface area contributed by atoms with Crippen molar-refractivity contribution in [3.05, 3.63) is 35.4 Å². The van der Waals surface area contributed by atoms with Crippen molar-refractivity contribution in [2.75, 3.05) is 13.1 Å². The van der Waals surface area contributed by atoms with Gasteiger partial charge in [-0.1, -0.05) is 12.1 Å². The van der Waals surface area contributed by atoms with E-state index in [0.29, 0.717) is 12.1 Å². The first-order chi connectivity index (χ1) is 11.3. The van der Waals surface area contributed by atoms with Crippen LogP contribution in [0.15, 0.2) is 24.3 Å². The molecule has 1 aliphatic heterocycles. The third kappa shape index (κ3) is 3.17. The molecule has 2 fully saturated rings. The summed E-state index contributed by atoms with van der Waals surface area (Å²) >= 11 is 0. The Morgan fingerprint density at radius 2 is 1.79 bits per heavy atom. The topological polar surface area (TPSA) is 49.4 Å². The molecule has 4 nitrogen and oxygen atoms in total. The number of nitrogens with one attached hydrogen (secondary N) is 1. The average Bonchev–Trinajstić information content (AvgIpc) is 2.81. The lowest BCUT2D eigenvalue weighted by atomic mass is 9.71. The number of carbonyl (C=O) groups excluding carboxylic acids is 2. The molecule has 1 aliphatic carbocycles. The molecule has 1 heterocycles. The number of likely N-dealkylation sites (tertiary alicyclic amines) is 1. The molecule has 2 amide bonds. The Bertz CT molecular complexity index is 637. The van der Waals surface area contributed by atoms with Gasteiger partial charge in [0.1, 0.15) is 0 Å². The first-order valence-electron chi connectivity index (χ1n) is 8.08. The predicted molar refractivity (Wildman–Crippen MR) is 80.9 cm³/mol. The molecule has 130 valence electrons. The molecule has 0 aromatic heterocycles. The Balaban J connectivity index is 1.69. The molecule has 1 saturated carbocycles. The number of imide groups is 1. The number of halogens is 3. The Hall–Kier alpha value is -1.89. The second kappa shape index (κ2) is 6.20. The molecule has 0 bridgehead atoms. The van der Waals surface area contributed by atoms with Gasteiger partial charge in [0, 0.05) is 31.5 Å². The van der Waals surface area contributed by atoms with Crippen molar-refractivity contribution in [2.24, 2.45) is 0 Å². The molecule has 2 aliphatic rings. The Labute approximate surface area is 138 Å². The highest BCUT2D eigenvalue weighted by Crippen LogP contribution is 2.42. The summed E-state index contributed by atoms with van der Waals surface area (Å²) < 4.78 is 38.8. The van der Waals surface area contributed by atoms with Gasteiger partial charge >= 0.3 is 6.18 Å². The van der Waals surface area contributed by atoms with Crippen molar-refractivity contribution in [3.63, 3.8) is 0 Å². The SMILES string of the molecule is O=C1CCC(=O)N1CCNC1(c2cccc(C(F)(F)F)c2)CCC1. The van der Waals surface area contributed by atoms with Gasteiger partial charge < -0.3 is 5.32 Å². The zero-order valence-corrected chi connectivity index (χ0v) is 13.2. The van der Waals surface area contributed by atoms with Gasteiger partial charge in [-0.15, -0.1) is 0 Å². The van der Waals surface area contributed by atoms with E-state index in [1.807, 2.05) is 0 Å². The van der Waals surface area contributed by atoms with E-state index in [4.69, 9.17) is 0 Å². The largest absolute Gasteiger partial charge is 0.416 e. The second-order valence-corrected chi connectivity index (χ2v) is 6.38. The third-order valence-electron chi connectivity index (χ3n) is 4.90. The van der Waals surface area contributed by atoms with Crippen LogP contribution in [0, 0.1) is 0 Å². The molecule has 0 radical (unpaired) electrons. The van der Waals surface area contributed by atoms with Crippen LogP contribution in [-0.4, -0.2) is 29.8 Å². The van der Waals surface area contributed by atoms with E-state index in [1.54, 1.807) is 6.07 Å². The highest BCUT2D eigenvalue weighted by Gasteiger charge is 2.40. The summed E-state index contributed by atoms with van der Waals surface area (Å²) in [4.78, 5) is 24.4. The zero-order chi connectivity index (χ0) is 17.4. The van der Waals surface area contributed by atoms with Crippen LogP contribution in [0.25, 0.3) is 0 Å². The quantitative estimate of drug-likeness (QED) is 0.839. The summed E-state index contributed by atoms with van der Waals surface area (Å²) in [6.45, 7) is 0.645. The van der Waals surface area contributed by atoms with Gasteiger partial charge in [0.15, 0.2) is 0 Å². The van der Waals surface area contributed by atoms with Gasteiger partial charge in [-0.2, -0.15) is 13.2 Å². The maximum absolute atomic E-state index is 12.9. The minimum Gasteiger partial charge on any atom is -0.306 e. The van der Waals surface area contributed by atoms with Crippen molar-refractivity contribution in [1.82, 2.24) is 10.2 Å². The van der Waals surface area contributed by atoms with Crippen molar-refractivity contribution < 1.29 is 22.8 Å². The smallest absolute Gasteiger partial charge is 0.306 e. The number of rotatable bonds is 5. The fraction of sp³-hybridized carbons (Fsp3) is 0.529. The van der Waals surface area contributed by atoms with E-state index < -0.39 is 17.3 Å². The molecule has 1 N–H and O–H groups in total. The lowest BCUT2D eigenvalue weighted by Gasteiger charge is -2.44. The van der Waals surface area contributed by atoms with E-state index in [2.05, 4.69) is 5.32 Å². The Kier molecular flexibility index (Phi) is 4.38. The molecule has 24 heavy (non-hydrogen) atoms. The van der Waals surface area contributed by atoms with E-state index in [1.165, 1.54) is 17.0 Å². The van der Waals surface area contributed by atoms with Crippen LogP contribution < -0.4 is 5.32 Å². The maximum Gasteiger partial charge on any atom is 0.416 e. The van der Waals surface area contributed by atoms with E-state index in [9.17, 15) is 22.8 Å². The third-order valence-corrected chi connectivity index (χ3v) is 4.90. The summed E-state index contributed by atoms with van der Waals surface area (Å²) in [5.74, 6) is -0.355. The molecule has 0 atom stereocenters. The van der Waals surface area contributed by atoms with Crippen LogP contribution in [0.1, 0.15) is 43.2 Å². The fourth-order valence-electron chi connectivity index (χ4n) is 3.37. The van der Waals surface area contributed by atoms with Crippen LogP contribution in [0.5, 0.6) is 0 Å². The van der Waals surface area contributed by atoms with Gasteiger partial charge in [-0.05, 0) is 37.0 Å². The Morgan fingerprint density at radius 1 is 1.12 bits per heavy atom. The number of nitrogens with zero attached hydrogens (tertiary/aromatic N) is 1. The number of hydrogen-bond donors (Lipinski definition) is 1. The van der Waals surface area contributed by atoms with Crippen LogP contribution in [0.3, 0.4) is 0 Å². The summed E-state index contributed by atoms with van der Waals surface area (Å²) in [5.41, 5.74) is -0.534. The minimum absolute atomic E-state index is 0.177. The minimum atomic E-state index is -4.37. The number of hydrogen-bond acceptors (Lipinski definition) is 3. The number of benzene rings is 1. The summed E-state index contributed by atoms with van der Waals surface area (Å²) in [7, 11) is 0. The first kappa shape index (κ1) is 17.0. The molecule has 0 spiro atoms. The van der Waals surface area contributed by atoms with Crippen molar-refractivity contribution in [1.29, 1.82) is 0 Å². The standard InChI is InChI=1S/C17H19F3N2O2/c18-17(19,20)13-4-1-3-12(11-13)16(7-2-8-16)21-9-10-22-14(23)5-6-15(22)24/h1,3-4,11,21H,2,5-10H2. The average molecular weight is 340 g/mol. The van der Waals surface area contributed by atoms with Crippen molar-refractivity contribution >= 4 is 11.8 Å². The van der Waals surface area contributed by atoms with Crippen LogP contribution in [-0.2, 0) is 21.3 Å². The van der Waals surface area contributed by atoms with Crippen molar-refractivity contribution in [2.45, 2.75) is 43.8 Å². The molecule has 3 rings (SSSR count). The number of carbonyl (C=O) groups is 2. The highest BCUT2D eigenvalue weighted by molar-refractivity contribution is 6.01. The number of alkyl halides is 3. The summed E-state index contributed by atoms with van der Waals surface area (Å²) in [6.07, 6.45) is -1.44. The lowest BCUT2D eigenvalue weighted by molar-refractivity contribution is -0.139. The van der Waals surface area contributed by atoms with Crippen LogP contribution >= 0.6 is 0 Å².